The van der Waals surface area contributed by atoms with E-state index in [2.05, 4.69) is 4.98 Å². The van der Waals surface area contributed by atoms with Crippen molar-refractivity contribution in [2.45, 2.75) is 19.8 Å². The molecule has 74 valence electrons. The molecular formula is C9H7F3N2. The minimum atomic E-state index is -2.78. The van der Waals surface area contributed by atoms with Crippen molar-refractivity contribution in [3.8, 4) is 6.07 Å². The molecule has 0 saturated heterocycles. The first kappa shape index (κ1) is 10.5. The minimum absolute atomic E-state index is 0.115. The highest BCUT2D eigenvalue weighted by Gasteiger charge is 2.17. The van der Waals surface area contributed by atoms with E-state index in [4.69, 9.17) is 5.26 Å². The van der Waals surface area contributed by atoms with Crippen LogP contribution in [0.1, 0.15) is 23.2 Å². The molecule has 0 atom stereocenters. The lowest BCUT2D eigenvalue weighted by molar-refractivity contribution is 0.149. The predicted octanol–water partition coefficient (Wildman–Crippen LogP) is 2.53. The Morgan fingerprint density at radius 3 is 2.71 bits per heavy atom. The van der Waals surface area contributed by atoms with Crippen LogP contribution in [0.3, 0.4) is 0 Å². The summed E-state index contributed by atoms with van der Waals surface area (Å²) in [5, 5.41) is 8.40. The van der Waals surface area contributed by atoms with Crippen molar-refractivity contribution in [2.75, 3.05) is 0 Å². The molecule has 0 aliphatic rings. The summed E-state index contributed by atoms with van der Waals surface area (Å²) < 4.78 is 37.5. The van der Waals surface area contributed by atoms with E-state index in [0.29, 0.717) is 6.07 Å². The number of halogens is 3. The molecule has 1 aromatic heterocycles. The number of aromatic nitrogens is 1. The van der Waals surface area contributed by atoms with Gasteiger partial charge >= 0.3 is 0 Å². The Morgan fingerprint density at radius 1 is 1.57 bits per heavy atom. The van der Waals surface area contributed by atoms with Crippen LogP contribution in [-0.2, 0) is 6.42 Å². The summed E-state index contributed by atoms with van der Waals surface area (Å²) in [6.45, 7) is 1.40. The SMILES string of the molecule is Cc1nc(F)cc(C(F)F)c1CC#N. The summed E-state index contributed by atoms with van der Waals surface area (Å²) >= 11 is 0. The summed E-state index contributed by atoms with van der Waals surface area (Å²) in [7, 11) is 0. The summed E-state index contributed by atoms with van der Waals surface area (Å²) in [5.41, 5.74) is -0.192. The van der Waals surface area contributed by atoms with Crippen LogP contribution in [0.25, 0.3) is 0 Å². The number of hydrogen-bond acceptors (Lipinski definition) is 2. The maximum atomic E-state index is 12.7. The smallest absolute Gasteiger partial charge is 0.225 e. The Kier molecular flexibility index (Phi) is 3.07. The van der Waals surface area contributed by atoms with E-state index in [1.54, 1.807) is 6.07 Å². The second-order valence-electron chi connectivity index (χ2n) is 2.73. The number of nitriles is 1. The highest BCUT2D eigenvalue weighted by molar-refractivity contribution is 5.33. The molecule has 14 heavy (non-hydrogen) atoms. The summed E-state index contributed by atoms with van der Waals surface area (Å²) in [5.74, 6) is -0.945. The van der Waals surface area contributed by atoms with Crippen LogP contribution in [0, 0.1) is 24.2 Å². The van der Waals surface area contributed by atoms with Crippen molar-refractivity contribution in [1.82, 2.24) is 4.98 Å². The normalized spacial score (nSPS) is 10.3. The molecule has 0 aliphatic carbocycles. The Labute approximate surface area is 79.0 Å². The first-order valence-corrected chi connectivity index (χ1v) is 3.87. The zero-order valence-corrected chi connectivity index (χ0v) is 7.39. The average molecular weight is 200 g/mol. The number of rotatable bonds is 2. The first-order chi connectivity index (χ1) is 6.56. The number of aryl methyl sites for hydroxylation is 1. The van der Waals surface area contributed by atoms with E-state index in [9.17, 15) is 13.2 Å². The Balaban J connectivity index is 3.30. The Hall–Kier alpha value is -1.57. The second-order valence-corrected chi connectivity index (χ2v) is 2.73. The molecule has 0 fully saturated rings. The number of nitrogens with zero attached hydrogens (tertiary/aromatic N) is 2. The van der Waals surface area contributed by atoms with Crippen LogP contribution in [0.4, 0.5) is 13.2 Å². The molecule has 0 bridgehead atoms. The number of alkyl halides is 2. The third-order valence-corrected chi connectivity index (χ3v) is 1.83. The maximum absolute atomic E-state index is 12.7. The lowest BCUT2D eigenvalue weighted by atomic mass is 10.0. The first-order valence-electron chi connectivity index (χ1n) is 3.87. The number of hydrogen-bond donors (Lipinski definition) is 0. The van der Waals surface area contributed by atoms with Gasteiger partial charge in [-0.1, -0.05) is 0 Å². The lowest BCUT2D eigenvalue weighted by Gasteiger charge is -2.08. The quantitative estimate of drug-likeness (QED) is 0.688. The monoisotopic (exact) mass is 200 g/mol. The molecule has 1 aromatic rings. The van der Waals surface area contributed by atoms with Gasteiger partial charge in [0.05, 0.1) is 12.5 Å². The molecule has 0 radical (unpaired) electrons. The van der Waals surface area contributed by atoms with Gasteiger partial charge in [0.1, 0.15) is 0 Å². The van der Waals surface area contributed by atoms with Gasteiger partial charge in [0.2, 0.25) is 5.95 Å². The van der Waals surface area contributed by atoms with Crippen LogP contribution < -0.4 is 0 Å². The summed E-state index contributed by atoms with van der Waals surface area (Å²) in [4.78, 5) is 3.38. The van der Waals surface area contributed by atoms with Gasteiger partial charge in [0.15, 0.2) is 0 Å². The largest absolute Gasteiger partial charge is 0.264 e. The predicted molar refractivity (Wildman–Crippen MR) is 43.2 cm³/mol. The van der Waals surface area contributed by atoms with Crippen LogP contribution in [0.15, 0.2) is 6.07 Å². The molecule has 0 aromatic carbocycles. The zero-order valence-electron chi connectivity index (χ0n) is 7.39. The van der Waals surface area contributed by atoms with Crippen LogP contribution in [0.2, 0.25) is 0 Å². The van der Waals surface area contributed by atoms with E-state index in [1.165, 1.54) is 6.92 Å². The van der Waals surface area contributed by atoms with E-state index in [0.717, 1.165) is 0 Å². The highest BCUT2D eigenvalue weighted by Crippen LogP contribution is 2.25. The fourth-order valence-electron chi connectivity index (χ4n) is 1.19. The molecule has 1 heterocycles. The van der Waals surface area contributed by atoms with Crippen molar-refractivity contribution in [3.63, 3.8) is 0 Å². The van der Waals surface area contributed by atoms with Crippen LogP contribution in [-0.4, -0.2) is 4.98 Å². The van der Waals surface area contributed by atoms with Crippen molar-refractivity contribution in [3.05, 3.63) is 28.8 Å². The summed E-state index contributed by atoms with van der Waals surface area (Å²) in [6, 6.07) is 2.41. The van der Waals surface area contributed by atoms with Gasteiger partial charge in [-0.05, 0) is 12.5 Å². The van der Waals surface area contributed by atoms with Gasteiger partial charge in [0, 0.05) is 17.3 Å². The molecular weight excluding hydrogens is 193 g/mol. The summed E-state index contributed by atoms with van der Waals surface area (Å²) in [6.07, 6.45) is -2.96. The fourth-order valence-corrected chi connectivity index (χ4v) is 1.19. The molecule has 5 heteroatoms. The minimum Gasteiger partial charge on any atom is -0.225 e. The van der Waals surface area contributed by atoms with Gasteiger partial charge < -0.3 is 0 Å². The molecule has 2 nitrogen and oxygen atoms in total. The number of pyridine rings is 1. The molecule has 0 unspecified atom stereocenters. The lowest BCUT2D eigenvalue weighted by Crippen LogP contribution is -2.02. The van der Waals surface area contributed by atoms with Crippen molar-refractivity contribution < 1.29 is 13.2 Å². The molecule has 0 aliphatic heterocycles. The zero-order chi connectivity index (χ0) is 10.7. The van der Waals surface area contributed by atoms with Crippen molar-refractivity contribution in [2.24, 2.45) is 0 Å². The maximum Gasteiger partial charge on any atom is 0.264 e. The molecule has 1 rings (SSSR count). The average Bonchev–Trinajstić information content (AvgIpc) is 2.09. The fraction of sp³-hybridized carbons (Fsp3) is 0.333. The molecule has 0 N–H and O–H groups in total. The molecule has 0 spiro atoms. The van der Waals surface area contributed by atoms with E-state index < -0.39 is 17.9 Å². The van der Waals surface area contributed by atoms with E-state index in [-0.39, 0.29) is 17.7 Å². The third-order valence-electron chi connectivity index (χ3n) is 1.83. The Morgan fingerprint density at radius 2 is 2.21 bits per heavy atom. The van der Waals surface area contributed by atoms with E-state index >= 15 is 0 Å². The molecule has 0 amide bonds. The van der Waals surface area contributed by atoms with Gasteiger partial charge in [0.25, 0.3) is 6.43 Å². The van der Waals surface area contributed by atoms with Gasteiger partial charge in [-0.25, -0.2) is 13.8 Å². The van der Waals surface area contributed by atoms with Gasteiger partial charge in [-0.3, -0.25) is 0 Å². The standard InChI is InChI=1S/C9H7F3N2/c1-5-6(2-3-13)7(9(11)12)4-8(10)14-5/h4,9H,2H2,1H3. The van der Waals surface area contributed by atoms with Gasteiger partial charge in [-0.15, -0.1) is 0 Å². The van der Waals surface area contributed by atoms with Crippen LogP contribution >= 0.6 is 0 Å². The highest BCUT2D eigenvalue weighted by atomic mass is 19.3. The topological polar surface area (TPSA) is 36.7 Å². The van der Waals surface area contributed by atoms with Gasteiger partial charge in [-0.2, -0.15) is 9.65 Å². The second kappa shape index (κ2) is 4.09. The molecule has 0 saturated carbocycles. The Bertz CT molecular complexity index is 382. The van der Waals surface area contributed by atoms with Crippen molar-refractivity contribution >= 4 is 0 Å². The van der Waals surface area contributed by atoms with Crippen LogP contribution in [0.5, 0.6) is 0 Å². The van der Waals surface area contributed by atoms with E-state index in [1.807, 2.05) is 0 Å². The van der Waals surface area contributed by atoms with Crippen molar-refractivity contribution in [1.29, 1.82) is 5.26 Å². The third kappa shape index (κ3) is 2.02.